The standard InChI is InChI=1S/C16H18BrF2N5O2S2/c17-12-9-11(18)10-13(19)14(12)28(25,26)22-6-4-2-1-3-5-20-15-23-27-16-21-7-8-24(15)16/h7-10,22H,1-6H2,(H,20,23). The fourth-order valence-corrected chi connectivity index (χ4v) is 5.53. The number of benzene rings is 1. The maximum absolute atomic E-state index is 13.8. The summed E-state index contributed by atoms with van der Waals surface area (Å²) in [5.74, 6) is -1.21. The first-order valence-electron chi connectivity index (χ1n) is 8.55. The topological polar surface area (TPSA) is 88.4 Å². The Morgan fingerprint density at radius 2 is 1.89 bits per heavy atom. The minimum absolute atomic E-state index is 0.141. The van der Waals surface area contributed by atoms with Crippen LogP contribution < -0.4 is 10.0 Å². The lowest BCUT2D eigenvalue weighted by Crippen LogP contribution is -2.26. The van der Waals surface area contributed by atoms with Crippen LogP contribution in [0.1, 0.15) is 25.7 Å². The van der Waals surface area contributed by atoms with Gasteiger partial charge in [0.05, 0.1) is 0 Å². The first-order valence-corrected chi connectivity index (χ1v) is 11.6. The van der Waals surface area contributed by atoms with Crippen LogP contribution in [0.3, 0.4) is 0 Å². The van der Waals surface area contributed by atoms with Gasteiger partial charge in [-0.1, -0.05) is 12.8 Å². The van der Waals surface area contributed by atoms with Crippen LogP contribution in [-0.4, -0.2) is 35.3 Å². The first-order chi connectivity index (χ1) is 13.4. The van der Waals surface area contributed by atoms with Crippen LogP contribution in [0.15, 0.2) is 33.9 Å². The lowest BCUT2D eigenvalue weighted by molar-refractivity contribution is 0.538. The van der Waals surface area contributed by atoms with E-state index in [1.165, 1.54) is 11.5 Å². The Bertz CT molecular complexity index is 1030. The van der Waals surface area contributed by atoms with Crippen molar-refractivity contribution in [3.63, 3.8) is 0 Å². The number of hydrogen-bond acceptors (Lipinski definition) is 6. The highest BCUT2D eigenvalue weighted by Crippen LogP contribution is 2.26. The Balaban J connectivity index is 1.36. The third-order valence-corrected chi connectivity index (χ3v) is 7.11. The molecule has 0 fully saturated rings. The van der Waals surface area contributed by atoms with Gasteiger partial charge in [-0.25, -0.2) is 26.9 Å². The Kier molecular flexibility index (Phi) is 6.96. The summed E-state index contributed by atoms with van der Waals surface area (Å²) in [5.41, 5.74) is 0. The number of aromatic nitrogens is 3. The van der Waals surface area contributed by atoms with E-state index in [0.717, 1.165) is 42.8 Å². The lowest BCUT2D eigenvalue weighted by Gasteiger charge is -2.10. The zero-order valence-electron chi connectivity index (χ0n) is 14.7. The molecule has 0 atom stereocenters. The summed E-state index contributed by atoms with van der Waals surface area (Å²) in [5, 5.41) is 3.24. The predicted molar refractivity (Wildman–Crippen MR) is 107 cm³/mol. The quantitative estimate of drug-likeness (QED) is 0.419. The monoisotopic (exact) mass is 493 g/mol. The molecular weight excluding hydrogens is 476 g/mol. The number of imidazole rings is 1. The summed E-state index contributed by atoms with van der Waals surface area (Å²) < 4.78 is 59.7. The molecule has 0 saturated carbocycles. The normalized spacial score (nSPS) is 12.0. The molecule has 152 valence electrons. The average Bonchev–Trinajstić information content (AvgIpc) is 3.20. The number of fused-ring (bicyclic) bond motifs is 1. The van der Waals surface area contributed by atoms with E-state index in [4.69, 9.17) is 0 Å². The fourth-order valence-electron chi connectivity index (χ4n) is 2.63. The number of nitrogens with zero attached hydrogens (tertiary/aromatic N) is 3. The molecule has 3 aromatic rings. The molecule has 7 nitrogen and oxygen atoms in total. The van der Waals surface area contributed by atoms with Crippen LogP contribution in [0.25, 0.3) is 4.96 Å². The maximum Gasteiger partial charge on any atom is 0.244 e. The summed E-state index contributed by atoms with van der Waals surface area (Å²) >= 11 is 4.22. The van der Waals surface area contributed by atoms with E-state index in [9.17, 15) is 17.2 Å². The maximum atomic E-state index is 13.8. The van der Waals surface area contributed by atoms with Gasteiger partial charge in [-0.2, -0.15) is 4.37 Å². The summed E-state index contributed by atoms with van der Waals surface area (Å²) in [6.07, 6.45) is 6.79. The Hall–Kier alpha value is -1.63. The molecule has 2 heterocycles. The molecule has 0 saturated heterocycles. The number of sulfonamides is 1. The smallest absolute Gasteiger partial charge is 0.244 e. The van der Waals surface area contributed by atoms with Crippen molar-refractivity contribution in [3.8, 4) is 0 Å². The number of unbranched alkanes of at least 4 members (excludes halogenated alkanes) is 3. The van der Waals surface area contributed by atoms with Gasteiger partial charge in [0.15, 0.2) is 0 Å². The molecular formula is C16H18BrF2N5O2S2. The molecule has 0 radical (unpaired) electrons. The Morgan fingerprint density at radius 1 is 1.14 bits per heavy atom. The van der Waals surface area contributed by atoms with Crippen LogP contribution >= 0.6 is 27.5 Å². The van der Waals surface area contributed by atoms with Gasteiger partial charge in [0.2, 0.25) is 20.9 Å². The van der Waals surface area contributed by atoms with E-state index in [2.05, 4.69) is 35.3 Å². The van der Waals surface area contributed by atoms with Crippen molar-refractivity contribution in [3.05, 3.63) is 40.6 Å². The number of anilines is 1. The van der Waals surface area contributed by atoms with Gasteiger partial charge in [-0.3, -0.25) is 4.40 Å². The lowest BCUT2D eigenvalue weighted by atomic mass is 10.2. The second-order valence-electron chi connectivity index (χ2n) is 6.02. The molecule has 3 rings (SSSR count). The minimum Gasteiger partial charge on any atom is -0.355 e. The van der Waals surface area contributed by atoms with E-state index in [-0.39, 0.29) is 11.0 Å². The average molecular weight is 494 g/mol. The van der Waals surface area contributed by atoms with Crippen LogP contribution in [0.2, 0.25) is 0 Å². The molecule has 0 aliphatic rings. The van der Waals surface area contributed by atoms with Gasteiger partial charge in [0, 0.05) is 47.6 Å². The largest absolute Gasteiger partial charge is 0.355 e. The number of hydrogen-bond donors (Lipinski definition) is 2. The van der Waals surface area contributed by atoms with E-state index >= 15 is 0 Å². The fraction of sp³-hybridized carbons (Fsp3) is 0.375. The number of rotatable bonds is 10. The predicted octanol–water partition coefficient (Wildman–Crippen LogP) is 3.78. The first kappa shape index (κ1) is 21.1. The molecule has 12 heteroatoms. The van der Waals surface area contributed by atoms with E-state index in [1.54, 1.807) is 6.20 Å². The highest BCUT2D eigenvalue weighted by molar-refractivity contribution is 9.10. The zero-order valence-corrected chi connectivity index (χ0v) is 17.9. The van der Waals surface area contributed by atoms with Gasteiger partial charge in [0.25, 0.3) is 0 Å². The highest BCUT2D eigenvalue weighted by Gasteiger charge is 2.23. The van der Waals surface area contributed by atoms with Gasteiger partial charge in [-0.15, -0.1) is 0 Å². The van der Waals surface area contributed by atoms with Crippen molar-refractivity contribution in [2.75, 3.05) is 18.4 Å². The third-order valence-electron chi connectivity index (χ3n) is 3.96. The minimum atomic E-state index is -4.05. The van der Waals surface area contributed by atoms with Crippen LogP contribution in [-0.2, 0) is 10.0 Å². The second kappa shape index (κ2) is 9.25. The van der Waals surface area contributed by atoms with Crippen molar-refractivity contribution in [1.29, 1.82) is 0 Å². The van der Waals surface area contributed by atoms with Crippen molar-refractivity contribution in [1.82, 2.24) is 18.5 Å². The molecule has 2 aromatic heterocycles. The summed E-state index contributed by atoms with van der Waals surface area (Å²) in [6, 6.07) is 1.47. The molecule has 0 aliphatic carbocycles. The highest BCUT2D eigenvalue weighted by atomic mass is 79.9. The van der Waals surface area contributed by atoms with Crippen molar-refractivity contribution in [2.24, 2.45) is 0 Å². The molecule has 28 heavy (non-hydrogen) atoms. The van der Waals surface area contributed by atoms with Crippen molar-refractivity contribution >= 4 is 48.4 Å². The van der Waals surface area contributed by atoms with Crippen molar-refractivity contribution in [2.45, 2.75) is 30.6 Å². The molecule has 0 spiro atoms. The summed E-state index contributed by atoms with van der Waals surface area (Å²) in [6.45, 7) is 0.928. The number of nitrogens with one attached hydrogen (secondary N) is 2. The van der Waals surface area contributed by atoms with Gasteiger partial charge in [0.1, 0.15) is 16.5 Å². The molecule has 2 N–H and O–H groups in total. The van der Waals surface area contributed by atoms with Crippen LogP contribution in [0.4, 0.5) is 14.7 Å². The molecule has 0 aliphatic heterocycles. The molecule has 1 aromatic carbocycles. The third kappa shape index (κ3) is 5.04. The zero-order chi connectivity index (χ0) is 20.1. The molecule has 0 unspecified atom stereocenters. The van der Waals surface area contributed by atoms with E-state index in [1.807, 2.05) is 10.6 Å². The summed E-state index contributed by atoms with van der Waals surface area (Å²) in [7, 11) is -4.05. The molecule has 0 bridgehead atoms. The summed E-state index contributed by atoms with van der Waals surface area (Å²) in [4.78, 5) is 4.41. The van der Waals surface area contributed by atoms with E-state index < -0.39 is 26.6 Å². The van der Waals surface area contributed by atoms with Gasteiger partial charge < -0.3 is 5.32 Å². The Labute approximate surface area is 173 Å². The van der Waals surface area contributed by atoms with Crippen LogP contribution in [0.5, 0.6) is 0 Å². The second-order valence-corrected chi connectivity index (χ2v) is 9.31. The molecule has 0 amide bonds. The van der Waals surface area contributed by atoms with Gasteiger partial charge in [-0.05, 0) is 34.8 Å². The van der Waals surface area contributed by atoms with Crippen LogP contribution in [0, 0.1) is 11.6 Å². The van der Waals surface area contributed by atoms with E-state index in [0.29, 0.717) is 12.5 Å². The SMILES string of the molecule is O=S(=O)(NCCCCCCNc1nsc2nccn12)c1c(F)cc(F)cc1Br. The number of halogens is 3. The van der Waals surface area contributed by atoms with Gasteiger partial charge >= 0.3 is 0 Å². The van der Waals surface area contributed by atoms with Crippen molar-refractivity contribution < 1.29 is 17.2 Å². The Morgan fingerprint density at radius 3 is 2.64 bits per heavy atom.